The molecule has 2 fully saturated rings. The summed E-state index contributed by atoms with van der Waals surface area (Å²) in [7, 11) is 0. The van der Waals surface area contributed by atoms with Gasteiger partial charge in [0.25, 0.3) is 0 Å². The van der Waals surface area contributed by atoms with Gasteiger partial charge in [-0.2, -0.15) is 0 Å². The second kappa shape index (κ2) is 5.47. The van der Waals surface area contributed by atoms with Gasteiger partial charge in [-0.05, 0) is 48.6 Å². The molecule has 1 N–H and O–H groups in total. The monoisotopic (exact) mass is 318 g/mol. The predicted molar refractivity (Wildman–Crippen MR) is 90.0 cm³/mol. The Balaban J connectivity index is 1.95. The molecule has 0 saturated heterocycles. The fourth-order valence-electron chi connectivity index (χ4n) is 5.55. The van der Waals surface area contributed by atoms with Gasteiger partial charge in [-0.1, -0.05) is 34.1 Å². The lowest BCUT2D eigenvalue weighted by Gasteiger charge is -2.62. The fraction of sp³-hybridized carbons (Fsp3) is 0.750. The van der Waals surface area contributed by atoms with Crippen LogP contribution in [0, 0.1) is 22.7 Å². The van der Waals surface area contributed by atoms with Crippen LogP contribution >= 0.6 is 0 Å². The van der Waals surface area contributed by atoms with E-state index in [1.165, 1.54) is 0 Å². The van der Waals surface area contributed by atoms with Crippen molar-refractivity contribution in [3.63, 3.8) is 0 Å². The summed E-state index contributed by atoms with van der Waals surface area (Å²) < 4.78 is 5.15. The number of fused-ring (bicyclic) bond motifs is 1. The summed E-state index contributed by atoms with van der Waals surface area (Å²) in [5.74, 6) is 0.212. The van der Waals surface area contributed by atoms with Crippen LogP contribution in [0.3, 0.4) is 0 Å². The minimum absolute atomic E-state index is 0.117. The Labute approximate surface area is 139 Å². The molecular weight excluding hydrogens is 288 g/mol. The molecule has 0 amide bonds. The number of hydrogen-bond acceptors (Lipinski definition) is 3. The standard InChI is InChI=1S/C20H30O3/c1-14-16(21)12-17-18(2,3)8-5-9-19(17,4)20(14,22)10-6-15-7-11-23-13-15/h7,11,13-14,17,22H,5-6,8-10,12H2,1-4H3/t14-,17-,19-,20-/m0/s1. The highest BCUT2D eigenvalue weighted by molar-refractivity contribution is 5.83. The fourth-order valence-corrected chi connectivity index (χ4v) is 5.55. The van der Waals surface area contributed by atoms with Gasteiger partial charge in [-0.25, -0.2) is 0 Å². The minimum Gasteiger partial charge on any atom is -0.472 e. The van der Waals surface area contributed by atoms with E-state index in [4.69, 9.17) is 4.42 Å². The van der Waals surface area contributed by atoms with Crippen molar-refractivity contribution in [1.29, 1.82) is 0 Å². The molecule has 0 radical (unpaired) electrons. The number of carbonyl (C=O) groups excluding carboxylic acids is 1. The SMILES string of the molecule is C[C@H]1C(=O)C[C@H]2C(C)(C)CCC[C@]2(C)[C@]1(O)CCc1ccoc1. The first-order valence-electron chi connectivity index (χ1n) is 8.97. The first-order valence-corrected chi connectivity index (χ1v) is 8.97. The molecule has 2 aliphatic rings. The molecule has 0 unspecified atom stereocenters. The summed E-state index contributed by atoms with van der Waals surface area (Å²) in [6.07, 6.45) is 8.71. The minimum atomic E-state index is -0.929. The van der Waals surface area contributed by atoms with Crippen LogP contribution < -0.4 is 0 Å². The summed E-state index contributed by atoms with van der Waals surface area (Å²) in [6, 6.07) is 1.95. The van der Waals surface area contributed by atoms with E-state index in [2.05, 4.69) is 20.8 Å². The zero-order chi connectivity index (χ0) is 16.9. The molecule has 0 bridgehead atoms. The molecule has 3 heteroatoms. The van der Waals surface area contributed by atoms with Crippen molar-refractivity contribution in [2.75, 3.05) is 0 Å². The zero-order valence-electron chi connectivity index (χ0n) is 14.9. The molecule has 0 spiro atoms. The molecule has 4 atom stereocenters. The van der Waals surface area contributed by atoms with Crippen molar-refractivity contribution in [3.8, 4) is 0 Å². The largest absolute Gasteiger partial charge is 0.472 e. The Bertz CT molecular complexity index is 574. The van der Waals surface area contributed by atoms with E-state index < -0.39 is 5.60 Å². The molecule has 3 nitrogen and oxygen atoms in total. The second-order valence-electron chi connectivity index (χ2n) is 8.76. The number of rotatable bonds is 3. The Kier molecular flexibility index (Phi) is 3.99. The predicted octanol–water partition coefficient (Wildman–Crippen LogP) is 4.38. The number of Topliss-reactive ketones (excluding diaryl/α,β-unsaturated/α-hetero) is 1. The maximum absolute atomic E-state index is 12.7. The molecule has 128 valence electrons. The molecule has 0 aromatic carbocycles. The molecule has 1 aromatic rings. The average molecular weight is 318 g/mol. The van der Waals surface area contributed by atoms with Crippen molar-refractivity contribution in [2.24, 2.45) is 22.7 Å². The van der Waals surface area contributed by atoms with Gasteiger partial charge in [0, 0.05) is 17.8 Å². The van der Waals surface area contributed by atoms with Gasteiger partial charge in [0.15, 0.2) is 0 Å². The van der Waals surface area contributed by atoms with Crippen LogP contribution in [0.4, 0.5) is 0 Å². The molecule has 23 heavy (non-hydrogen) atoms. The number of aliphatic hydroxyl groups is 1. The highest BCUT2D eigenvalue weighted by Gasteiger charge is 2.63. The summed E-state index contributed by atoms with van der Waals surface area (Å²) in [5.41, 5.74) is 0.0964. The number of ketones is 1. The van der Waals surface area contributed by atoms with Crippen LogP contribution in [-0.4, -0.2) is 16.5 Å². The smallest absolute Gasteiger partial charge is 0.138 e. The maximum Gasteiger partial charge on any atom is 0.138 e. The van der Waals surface area contributed by atoms with E-state index in [0.717, 1.165) is 31.2 Å². The van der Waals surface area contributed by atoms with Crippen LogP contribution in [0.25, 0.3) is 0 Å². The van der Waals surface area contributed by atoms with Crippen LogP contribution in [0.5, 0.6) is 0 Å². The van der Waals surface area contributed by atoms with Gasteiger partial charge in [-0.3, -0.25) is 4.79 Å². The zero-order valence-corrected chi connectivity index (χ0v) is 14.9. The van der Waals surface area contributed by atoms with Crippen molar-refractivity contribution >= 4 is 5.78 Å². The van der Waals surface area contributed by atoms with E-state index in [9.17, 15) is 9.90 Å². The van der Waals surface area contributed by atoms with Crippen molar-refractivity contribution < 1.29 is 14.3 Å². The van der Waals surface area contributed by atoms with Gasteiger partial charge in [0.1, 0.15) is 5.78 Å². The van der Waals surface area contributed by atoms with E-state index in [1.807, 2.05) is 13.0 Å². The topological polar surface area (TPSA) is 50.4 Å². The van der Waals surface area contributed by atoms with Gasteiger partial charge in [-0.15, -0.1) is 0 Å². The highest BCUT2D eigenvalue weighted by atomic mass is 16.3. The number of aryl methyl sites for hydroxylation is 1. The van der Waals surface area contributed by atoms with Gasteiger partial charge >= 0.3 is 0 Å². The molecule has 2 aliphatic carbocycles. The number of hydrogen-bond donors (Lipinski definition) is 1. The average Bonchev–Trinajstić information content (AvgIpc) is 2.99. The van der Waals surface area contributed by atoms with Crippen molar-refractivity contribution in [2.45, 2.75) is 71.8 Å². The first kappa shape index (κ1) is 16.8. The normalized spacial score (nSPS) is 40.0. The van der Waals surface area contributed by atoms with E-state index in [1.54, 1.807) is 12.5 Å². The third kappa shape index (κ3) is 2.48. The second-order valence-corrected chi connectivity index (χ2v) is 8.76. The third-order valence-corrected chi connectivity index (χ3v) is 7.20. The van der Waals surface area contributed by atoms with Crippen LogP contribution in [0.1, 0.15) is 65.4 Å². The summed E-state index contributed by atoms with van der Waals surface area (Å²) in [5, 5.41) is 11.7. The van der Waals surface area contributed by atoms with Gasteiger partial charge in [0.05, 0.1) is 18.1 Å². The van der Waals surface area contributed by atoms with Gasteiger partial charge < -0.3 is 9.52 Å². The molecule has 1 heterocycles. The first-order chi connectivity index (χ1) is 10.7. The maximum atomic E-state index is 12.7. The van der Waals surface area contributed by atoms with Crippen molar-refractivity contribution in [3.05, 3.63) is 24.2 Å². The van der Waals surface area contributed by atoms with Gasteiger partial charge in [0.2, 0.25) is 0 Å². The molecule has 2 saturated carbocycles. The Morgan fingerprint density at radius 2 is 2.04 bits per heavy atom. The molecule has 1 aromatic heterocycles. The van der Waals surface area contributed by atoms with E-state index in [-0.39, 0.29) is 28.4 Å². The number of furan rings is 1. The highest BCUT2D eigenvalue weighted by Crippen LogP contribution is 2.62. The van der Waals surface area contributed by atoms with Crippen LogP contribution in [-0.2, 0) is 11.2 Å². The molecule has 0 aliphatic heterocycles. The van der Waals surface area contributed by atoms with E-state index >= 15 is 0 Å². The summed E-state index contributed by atoms with van der Waals surface area (Å²) >= 11 is 0. The van der Waals surface area contributed by atoms with Crippen molar-refractivity contribution in [1.82, 2.24) is 0 Å². The van der Waals surface area contributed by atoms with E-state index in [0.29, 0.717) is 12.8 Å². The summed E-state index contributed by atoms with van der Waals surface area (Å²) in [4.78, 5) is 12.7. The molecule has 3 rings (SSSR count). The lowest BCUT2D eigenvalue weighted by atomic mass is 9.44. The summed E-state index contributed by atoms with van der Waals surface area (Å²) in [6.45, 7) is 8.71. The Morgan fingerprint density at radius 3 is 2.70 bits per heavy atom. The molecular formula is C20H30O3. The van der Waals surface area contributed by atoms with Crippen LogP contribution in [0.15, 0.2) is 23.0 Å². The number of carbonyl (C=O) groups is 1. The third-order valence-electron chi connectivity index (χ3n) is 7.20. The lowest BCUT2D eigenvalue weighted by molar-refractivity contribution is -0.208. The Morgan fingerprint density at radius 1 is 1.30 bits per heavy atom. The quantitative estimate of drug-likeness (QED) is 0.899. The lowest BCUT2D eigenvalue weighted by Crippen LogP contribution is -2.64. The Hall–Kier alpha value is -1.09. The van der Waals surface area contributed by atoms with Crippen LogP contribution in [0.2, 0.25) is 0 Å².